The zero-order valence-corrected chi connectivity index (χ0v) is 18.3. The van der Waals surface area contributed by atoms with Crippen molar-refractivity contribution in [2.75, 3.05) is 5.32 Å². The van der Waals surface area contributed by atoms with Gasteiger partial charge in [-0.2, -0.15) is 0 Å². The van der Waals surface area contributed by atoms with Crippen LogP contribution in [-0.2, 0) is 22.4 Å². The lowest BCUT2D eigenvalue weighted by atomic mass is 9.86. The highest BCUT2D eigenvalue weighted by molar-refractivity contribution is 5.92. The highest BCUT2D eigenvalue weighted by Gasteiger charge is 2.26. The Balaban J connectivity index is 0.000000187. The SMILES string of the molecule is O=C(Nc1ccccc1)C1CCc2[nH]cnc2C1.O=C(O)CCCCC1CCCCC1. The van der Waals surface area contributed by atoms with Gasteiger partial charge in [0.1, 0.15) is 0 Å². The normalized spacial score (nSPS) is 18.4. The fourth-order valence-corrected chi connectivity index (χ4v) is 4.57. The summed E-state index contributed by atoms with van der Waals surface area (Å²) in [5, 5.41) is 11.4. The maximum atomic E-state index is 12.2. The number of rotatable bonds is 7. The zero-order valence-electron chi connectivity index (χ0n) is 18.3. The first-order chi connectivity index (χ1) is 15.1. The van der Waals surface area contributed by atoms with Crippen LogP contribution in [-0.4, -0.2) is 27.0 Å². The Morgan fingerprint density at radius 1 is 1.06 bits per heavy atom. The predicted octanol–water partition coefficient (Wildman–Crippen LogP) is 5.37. The minimum absolute atomic E-state index is 0.0287. The number of benzene rings is 1. The summed E-state index contributed by atoms with van der Waals surface area (Å²) in [5.74, 6) is 0.377. The van der Waals surface area contributed by atoms with Gasteiger partial charge in [0.15, 0.2) is 0 Å². The quantitative estimate of drug-likeness (QED) is 0.520. The van der Waals surface area contributed by atoms with Gasteiger partial charge in [0.2, 0.25) is 5.91 Å². The fourth-order valence-electron chi connectivity index (χ4n) is 4.57. The van der Waals surface area contributed by atoms with E-state index in [9.17, 15) is 9.59 Å². The first-order valence-electron chi connectivity index (χ1n) is 11.7. The highest BCUT2D eigenvalue weighted by atomic mass is 16.4. The lowest BCUT2D eigenvalue weighted by Gasteiger charge is -2.20. The number of aromatic amines is 1. The maximum Gasteiger partial charge on any atom is 0.303 e. The molecule has 1 aromatic heterocycles. The van der Waals surface area contributed by atoms with Crippen molar-refractivity contribution >= 4 is 17.6 Å². The molecule has 1 atom stereocenters. The van der Waals surface area contributed by atoms with E-state index in [2.05, 4.69) is 15.3 Å². The van der Waals surface area contributed by atoms with Crippen LogP contribution in [0.3, 0.4) is 0 Å². The molecule has 3 N–H and O–H groups in total. The van der Waals surface area contributed by atoms with E-state index in [1.165, 1.54) is 44.2 Å². The number of hydrogen-bond donors (Lipinski definition) is 3. The molecular formula is C25H35N3O3. The van der Waals surface area contributed by atoms with Crippen LogP contribution in [0.1, 0.15) is 75.6 Å². The molecule has 6 nitrogen and oxygen atoms in total. The number of nitrogens with zero attached hydrogens (tertiary/aromatic N) is 1. The number of carboxylic acids is 1. The van der Waals surface area contributed by atoms with Crippen molar-refractivity contribution in [3.63, 3.8) is 0 Å². The van der Waals surface area contributed by atoms with E-state index in [4.69, 9.17) is 5.11 Å². The van der Waals surface area contributed by atoms with Crippen LogP contribution < -0.4 is 5.32 Å². The molecule has 1 heterocycles. The molecule has 168 valence electrons. The topological polar surface area (TPSA) is 95.1 Å². The molecule has 2 aromatic rings. The fraction of sp³-hybridized carbons (Fsp3) is 0.560. The van der Waals surface area contributed by atoms with Crippen molar-refractivity contribution in [2.45, 2.75) is 77.0 Å². The van der Waals surface area contributed by atoms with Crippen molar-refractivity contribution in [3.8, 4) is 0 Å². The Labute approximate surface area is 184 Å². The van der Waals surface area contributed by atoms with Crippen LogP contribution in [0.15, 0.2) is 36.7 Å². The third-order valence-corrected chi connectivity index (χ3v) is 6.38. The van der Waals surface area contributed by atoms with E-state index in [1.54, 1.807) is 6.33 Å². The second kappa shape index (κ2) is 12.3. The number of anilines is 1. The Morgan fingerprint density at radius 3 is 2.58 bits per heavy atom. The summed E-state index contributed by atoms with van der Waals surface area (Å²) < 4.78 is 0. The third kappa shape index (κ3) is 7.85. The van der Waals surface area contributed by atoms with Crippen molar-refractivity contribution in [1.82, 2.24) is 9.97 Å². The first-order valence-corrected chi connectivity index (χ1v) is 11.7. The minimum atomic E-state index is -0.649. The Morgan fingerprint density at radius 2 is 1.84 bits per heavy atom. The predicted molar refractivity (Wildman–Crippen MR) is 122 cm³/mol. The van der Waals surface area contributed by atoms with Gasteiger partial charge in [-0.25, -0.2) is 4.98 Å². The molecule has 2 aliphatic carbocycles. The van der Waals surface area contributed by atoms with E-state index < -0.39 is 5.97 Å². The summed E-state index contributed by atoms with van der Waals surface area (Å²) >= 11 is 0. The van der Waals surface area contributed by atoms with Gasteiger partial charge in [-0.3, -0.25) is 9.59 Å². The largest absolute Gasteiger partial charge is 0.481 e. The van der Waals surface area contributed by atoms with Gasteiger partial charge in [-0.1, -0.05) is 63.1 Å². The van der Waals surface area contributed by atoms with Gasteiger partial charge in [0, 0.05) is 30.1 Å². The van der Waals surface area contributed by atoms with Gasteiger partial charge >= 0.3 is 5.97 Å². The second-order valence-corrected chi connectivity index (χ2v) is 8.77. The van der Waals surface area contributed by atoms with Crippen LogP contribution in [0.25, 0.3) is 0 Å². The monoisotopic (exact) mass is 425 g/mol. The molecule has 2 aliphatic rings. The van der Waals surface area contributed by atoms with E-state index in [0.717, 1.165) is 49.4 Å². The van der Waals surface area contributed by atoms with Crippen LogP contribution in [0.5, 0.6) is 0 Å². The van der Waals surface area contributed by atoms with E-state index in [-0.39, 0.29) is 11.8 Å². The molecule has 1 unspecified atom stereocenters. The summed E-state index contributed by atoms with van der Waals surface area (Å²) in [7, 11) is 0. The number of imidazole rings is 1. The number of carbonyl (C=O) groups is 2. The Bertz CT molecular complexity index is 812. The number of carbonyl (C=O) groups excluding carboxylic acids is 1. The molecular weight excluding hydrogens is 390 g/mol. The lowest BCUT2D eigenvalue weighted by molar-refractivity contribution is -0.137. The van der Waals surface area contributed by atoms with Gasteiger partial charge in [0.25, 0.3) is 0 Å². The molecule has 1 amide bonds. The molecule has 4 rings (SSSR count). The molecule has 0 aliphatic heterocycles. The van der Waals surface area contributed by atoms with Gasteiger partial charge in [0.05, 0.1) is 12.0 Å². The average Bonchev–Trinajstić information content (AvgIpc) is 3.26. The number of fused-ring (bicyclic) bond motifs is 1. The smallest absolute Gasteiger partial charge is 0.303 e. The molecule has 31 heavy (non-hydrogen) atoms. The molecule has 0 radical (unpaired) electrons. The number of carboxylic acid groups (broad SMARTS) is 1. The zero-order chi connectivity index (χ0) is 21.9. The number of amides is 1. The molecule has 1 fully saturated rings. The second-order valence-electron chi connectivity index (χ2n) is 8.77. The number of H-pyrrole nitrogens is 1. The maximum absolute atomic E-state index is 12.2. The average molecular weight is 426 g/mol. The van der Waals surface area contributed by atoms with Crippen LogP contribution in [0.2, 0.25) is 0 Å². The summed E-state index contributed by atoms with van der Waals surface area (Å²) in [5.41, 5.74) is 3.07. The van der Waals surface area contributed by atoms with Crippen molar-refractivity contribution < 1.29 is 14.7 Å². The Hall–Kier alpha value is -2.63. The van der Waals surface area contributed by atoms with Crippen molar-refractivity contribution in [3.05, 3.63) is 48.0 Å². The minimum Gasteiger partial charge on any atom is -0.481 e. The van der Waals surface area contributed by atoms with E-state index in [1.807, 2.05) is 30.3 Å². The Kier molecular flexibility index (Phi) is 9.13. The number of hydrogen-bond acceptors (Lipinski definition) is 3. The van der Waals surface area contributed by atoms with E-state index >= 15 is 0 Å². The van der Waals surface area contributed by atoms with Crippen LogP contribution >= 0.6 is 0 Å². The summed E-state index contributed by atoms with van der Waals surface area (Å²) in [6.45, 7) is 0. The molecule has 0 spiro atoms. The molecule has 1 saturated carbocycles. The summed E-state index contributed by atoms with van der Waals surface area (Å²) in [4.78, 5) is 29.8. The molecule has 6 heteroatoms. The van der Waals surface area contributed by atoms with Crippen LogP contribution in [0.4, 0.5) is 5.69 Å². The number of aromatic nitrogens is 2. The number of nitrogens with one attached hydrogen (secondary N) is 2. The third-order valence-electron chi connectivity index (χ3n) is 6.38. The summed E-state index contributed by atoms with van der Waals surface area (Å²) in [6, 6.07) is 9.58. The highest BCUT2D eigenvalue weighted by Crippen LogP contribution is 2.28. The lowest BCUT2D eigenvalue weighted by Crippen LogP contribution is -2.28. The number of aryl methyl sites for hydroxylation is 1. The van der Waals surface area contributed by atoms with Crippen LogP contribution in [0, 0.1) is 11.8 Å². The summed E-state index contributed by atoms with van der Waals surface area (Å²) in [6.07, 6.45) is 14.8. The standard InChI is InChI=1S/C14H15N3O.C11H20O2/c18-14(17-11-4-2-1-3-5-11)10-6-7-12-13(8-10)16-9-15-12;12-11(13)9-5-4-8-10-6-2-1-3-7-10/h1-5,9-10H,6-8H2,(H,15,16)(H,17,18);10H,1-9H2,(H,12,13). The van der Waals surface area contributed by atoms with Gasteiger partial charge < -0.3 is 15.4 Å². The van der Waals surface area contributed by atoms with Crippen molar-refractivity contribution in [1.29, 1.82) is 0 Å². The number of para-hydroxylation sites is 1. The molecule has 1 aromatic carbocycles. The first kappa shape index (κ1) is 23.0. The van der Waals surface area contributed by atoms with E-state index in [0.29, 0.717) is 6.42 Å². The number of unbranched alkanes of at least 4 members (excludes halogenated alkanes) is 1. The van der Waals surface area contributed by atoms with Gasteiger partial charge in [-0.15, -0.1) is 0 Å². The molecule has 0 saturated heterocycles. The van der Waals surface area contributed by atoms with Gasteiger partial charge in [-0.05, 0) is 37.3 Å². The molecule has 0 bridgehead atoms. The van der Waals surface area contributed by atoms with Crippen molar-refractivity contribution in [2.24, 2.45) is 11.8 Å². The number of aliphatic carboxylic acids is 1.